The van der Waals surface area contributed by atoms with Crippen LogP contribution in [-0.4, -0.2) is 47.2 Å². The number of likely N-dealkylation sites (tertiary alicyclic amines) is 1. The zero-order valence-corrected chi connectivity index (χ0v) is 21.8. The van der Waals surface area contributed by atoms with Gasteiger partial charge in [-0.3, -0.25) is 4.79 Å². The van der Waals surface area contributed by atoms with Crippen molar-refractivity contribution in [2.75, 3.05) is 13.1 Å². The van der Waals surface area contributed by atoms with Gasteiger partial charge in [0.1, 0.15) is 5.82 Å². The predicted molar refractivity (Wildman–Crippen MR) is 132 cm³/mol. The molecule has 40 heavy (non-hydrogen) atoms. The van der Waals surface area contributed by atoms with Gasteiger partial charge >= 0.3 is 18.4 Å². The fourth-order valence-corrected chi connectivity index (χ4v) is 4.78. The number of aliphatic hydroxyl groups is 1. The highest BCUT2D eigenvalue weighted by Gasteiger charge is 2.37. The van der Waals surface area contributed by atoms with Gasteiger partial charge in [0.15, 0.2) is 0 Å². The number of nitrogens with one attached hydrogen (secondary N) is 2. The molecule has 3 rings (SSSR count). The molecule has 1 aliphatic heterocycles. The minimum absolute atomic E-state index is 0.0435. The molecule has 0 aromatic heterocycles. The maximum Gasteiger partial charge on any atom is 0.416 e. The summed E-state index contributed by atoms with van der Waals surface area (Å²) in [6, 6.07) is 3.78. The molecule has 0 aliphatic carbocycles. The fourth-order valence-electron chi connectivity index (χ4n) is 4.78. The molecule has 1 fully saturated rings. The standard InChI is InChI=1S/C27H30F7N3O3/c1-15-9-20(28)3-4-22(15)23-14-21(36-24(39)10-16(2)38)6-8-37(23)25(40)35-7-5-17-11-18(26(29,30)31)13-19(12-17)27(32,33)34/h3-4,9,11-13,16,21,23,38H,5-8,10,14H2,1-2H3,(H,35,40)(H,36,39)/t16-,21+,23-/m1/s1. The molecule has 6 nitrogen and oxygen atoms in total. The van der Waals surface area contributed by atoms with Crippen LogP contribution < -0.4 is 10.6 Å². The van der Waals surface area contributed by atoms with E-state index in [9.17, 15) is 45.4 Å². The molecule has 13 heteroatoms. The molecule has 0 radical (unpaired) electrons. The Labute approximate surface area is 226 Å². The Morgan fingerprint density at radius 2 is 1.68 bits per heavy atom. The molecule has 220 valence electrons. The van der Waals surface area contributed by atoms with Crippen molar-refractivity contribution in [1.29, 1.82) is 0 Å². The Hall–Kier alpha value is -3.35. The highest BCUT2D eigenvalue weighted by atomic mass is 19.4. The summed E-state index contributed by atoms with van der Waals surface area (Å²) in [5.74, 6) is -0.846. The maximum atomic E-state index is 13.8. The van der Waals surface area contributed by atoms with Crippen LogP contribution in [0.15, 0.2) is 36.4 Å². The van der Waals surface area contributed by atoms with Crippen molar-refractivity contribution in [3.05, 3.63) is 70.0 Å². The van der Waals surface area contributed by atoms with E-state index in [1.165, 1.54) is 30.0 Å². The monoisotopic (exact) mass is 577 g/mol. The Morgan fingerprint density at radius 3 is 2.23 bits per heavy atom. The van der Waals surface area contributed by atoms with Crippen LogP contribution in [0, 0.1) is 12.7 Å². The molecular formula is C27H30F7N3O3. The minimum atomic E-state index is -4.98. The molecule has 3 N–H and O–H groups in total. The number of carbonyl (C=O) groups excluding carboxylic acids is 2. The number of alkyl halides is 6. The highest BCUT2D eigenvalue weighted by Crippen LogP contribution is 2.37. The fraction of sp³-hybridized carbons (Fsp3) is 0.481. The van der Waals surface area contributed by atoms with Crippen LogP contribution in [0.25, 0.3) is 0 Å². The molecule has 1 aliphatic rings. The normalized spacial score (nSPS) is 18.8. The first-order valence-corrected chi connectivity index (χ1v) is 12.6. The van der Waals surface area contributed by atoms with Gasteiger partial charge in [0.25, 0.3) is 0 Å². The van der Waals surface area contributed by atoms with Crippen molar-refractivity contribution < 1.29 is 45.4 Å². The lowest BCUT2D eigenvalue weighted by molar-refractivity contribution is -0.143. The first-order valence-electron chi connectivity index (χ1n) is 12.6. The van der Waals surface area contributed by atoms with Crippen LogP contribution in [0.1, 0.15) is 60.0 Å². The number of hydrogen-bond donors (Lipinski definition) is 3. The second kappa shape index (κ2) is 12.4. The number of nitrogens with zero attached hydrogens (tertiary/aromatic N) is 1. The quantitative estimate of drug-likeness (QED) is 0.380. The van der Waals surface area contributed by atoms with E-state index in [-0.39, 0.29) is 55.9 Å². The van der Waals surface area contributed by atoms with Gasteiger partial charge in [0.2, 0.25) is 5.91 Å². The second-order valence-corrected chi connectivity index (χ2v) is 9.95. The van der Waals surface area contributed by atoms with E-state index in [2.05, 4.69) is 10.6 Å². The number of halogens is 7. The average Bonchev–Trinajstić information content (AvgIpc) is 2.82. The van der Waals surface area contributed by atoms with Gasteiger partial charge in [-0.05, 0) is 80.1 Å². The van der Waals surface area contributed by atoms with E-state index in [1.54, 1.807) is 6.92 Å². The molecule has 1 saturated heterocycles. The minimum Gasteiger partial charge on any atom is -0.393 e. The number of piperidine rings is 1. The lowest BCUT2D eigenvalue weighted by atomic mass is 9.89. The third-order valence-corrected chi connectivity index (χ3v) is 6.64. The zero-order valence-electron chi connectivity index (χ0n) is 21.8. The van der Waals surface area contributed by atoms with Gasteiger partial charge in [-0.15, -0.1) is 0 Å². The van der Waals surface area contributed by atoms with Gasteiger partial charge in [0, 0.05) is 19.1 Å². The van der Waals surface area contributed by atoms with Crippen LogP contribution in [-0.2, 0) is 23.6 Å². The SMILES string of the molecule is Cc1cc(F)ccc1[C@H]1C[C@@H](NC(=O)C[C@@H](C)O)CCN1C(=O)NCCc1cc(C(F)(F)F)cc(C(F)(F)F)c1. The van der Waals surface area contributed by atoms with Crippen LogP contribution in [0.3, 0.4) is 0 Å². The summed E-state index contributed by atoms with van der Waals surface area (Å²) in [5, 5.41) is 14.8. The summed E-state index contributed by atoms with van der Waals surface area (Å²) in [6.45, 7) is 3.06. The number of urea groups is 1. The van der Waals surface area contributed by atoms with Crippen molar-refractivity contribution in [2.45, 2.75) is 70.1 Å². The van der Waals surface area contributed by atoms with E-state index >= 15 is 0 Å². The van der Waals surface area contributed by atoms with Gasteiger partial charge < -0.3 is 20.6 Å². The topological polar surface area (TPSA) is 81.7 Å². The molecule has 3 atom stereocenters. The van der Waals surface area contributed by atoms with Gasteiger partial charge in [-0.1, -0.05) is 6.07 Å². The maximum absolute atomic E-state index is 13.8. The third-order valence-electron chi connectivity index (χ3n) is 6.64. The molecule has 3 amide bonds. The van der Waals surface area contributed by atoms with Crippen molar-refractivity contribution in [3.8, 4) is 0 Å². The Balaban J connectivity index is 1.75. The number of rotatable bonds is 7. The van der Waals surface area contributed by atoms with E-state index in [1.807, 2.05) is 0 Å². The molecular weight excluding hydrogens is 547 g/mol. The van der Waals surface area contributed by atoms with Gasteiger partial charge in [-0.25, -0.2) is 9.18 Å². The lowest BCUT2D eigenvalue weighted by Crippen LogP contribution is -2.51. The summed E-state index contributed by atoms with van der Waals surface area (Å²) in [6.07, 6.45) is -10.6. The largest absolute Gasteiger partial charge is 0.416 e. The number of hydrogen-bond acceptors (Lipinski definition) is 3. The molecule has 0 spiro atoms. The average molecular weight is 578 g/mol. The van der Waals surface area contributed by atoms with E-state index in [4.69, 9.17) is 0 Å². The first-order chi connectivity index (χ1) is 18.5. The predicted octanol–water partition coefficient (Wildman–Crippen LogP) is 5.52. The van der Waals surface area contributed by atoms with Crippen LogP contribution in [0.4, 0.5) is 35.5 Å². The Kier molecular flexibility index (Phi) is 9.70. The van der Waals surface area contributed by atoms with Crippen LogP contribution in [0.2, 0.25) is 0 Å². The number of aliphatic hydroxyl groups excluding tert-OH is 1. The lowest BCUT2D eigenvalue weighted by Gasteiger charge is -2.40. The zero-order chi connectivity index (χ0) is 29.8. The van der Waals surface area contributed by atoms with Gasteiger partial charge in [0.05, 0.1) is 29.7 Å². The summed E-state index contributed by atoms with van der Waals surface area (Å²) >= 11 is 0. The van der Waals surface area contributed by atoms with Crippen molar-refractivity contribution in [2.24, 2.45) is 0 Å². The molecule has 0 bridgehead atoms. The molecule has 1 heterocycles. The third kappa shape index (κ3) is 8.33. The second-order valence-electron chi connectivity index (χ2n) is 9.95. The summed E-state index contributed by atoms with van der Waals surface area (Å²) in [5.41, 5.74) is -1.93. The molecule has 0 unspecified atom stereocenters. The smallest absolute Gasteiger partial charge is 0.393 e. The number of amides is 3. The summed E-state index contributed by atoms with van der Waals surface area (Å²) in [7, 11) is 0. The Morgan fingerprint density at radius 1 is 1.05 bits per heavy atom. The highest BCUT2D eigenvalue weighted by molar-refractivity contribution is 5.77. The van der Waals surface area contributed by atoms with E-state index in [0.717, 1.165) is 0 Å². The summed E-state index contributed by atoms with van der Waals surface area (Å²) < 4.78 is 92.7. The molecule has 0 saturated carbocycles. The molecule has 2 aromatic carbocycles. The molecule has 2 aromatic rings. The first kappa shape index (κ1) is 31.2. The van der Waals surface area contributed by atoms with Crippen molar-refractivity contribution >= 4 is 11.9 Å². The number of aryl methyl sites for hydroxylation is 1. The summed E-state index contributed by atoms with van der Waals surface area (Å²) in [4.78, 5) is 26.8. The number of carbonyl (C=O) groups is 2. The van der Waals surface area contributed by atoms with E-state index in [0.29, 0.717) is 29.7 Å². The van der Waals surface area contributed by atoms with E-state index < -0.39 is 47.5 Å². The Bertz CT molecular complexity index is 1180. The van der Waals surface area contributed by atoms with Crippen molar-refractivity contribution in [3.63, 3.8) is 0 Å². The van der Waals surface area contributed by atoms with Crippen LogP contribution >= 0.6 is 0 Å². The van der Waals surface area contributed by atoms with Crippen molar-refractivity contribution in [1.82, 2.24) is 15.5 Å². The van der Waals surface area contributed by atoms with Crippen LogP contribution in [0.5, 0.6) is 0 Å². The van der Waals surface area contributed by atoms with Gasteiger partial charge in [-0.2, -0.15) is 26.3 Å². The number of benzene rings is 2.